The van der Waals surface area contributed by atoms with Crippen LogP contribution in [0.5, 0.6) is 5.88 Å². The first-order valence-electron chi connectivity index (χ1n) is 7.88. The third kappa shape index (κ3) is 2.57. The first kappa shape index (κ1) is 17.3. The quantitative estimate of drug-likeness (QED) is 0.835. The van der Waals surface area contributed by atoms with Crippen molar-refractivity contribution in [2.24, 2.45) is 0 Å². The first-order valence-corrected chi connectivity index (χ1v) is 9.53. The molecule has 8 heteroatoms. The summed E-state index contributed by atoms with van der Waals surface area (Å²) >= 11 is 0. The summed E-state index contributed by atoms with van der Waals surface area (Å²) in [5, 5.41) is 14.1. The van der Waals surface area contributed by atoms with Gasteiger partial charge in [0.15, 0.2) is 21.4 Å². The largest absolute Gasteiger partial charge is 0.493 e. The molecule has 0 saturated heterocycles. The lowest BCUT2D eigenvalue weighted by Crippen LogP contribution is -2.25. The van der Waals surface area contributed by atoms with Crippen molar-refractivity contribution in [1.82, 2.24) is 9.78 Å². The highest BCUT2D eigenvalue weighted by molar-refractivity contribution is 7.91. The van der Waals surface area contributed by atoms with Gasteiger partial charge in [-0.3, -0.25) is 9.59 Å². The standard InChI is InChI=1S/C17H18N2O5S/c1-4-19-17(22)12(8-18-19)15(21)11-7-9(2)16-14(10(11)3)13(20)5-6-25(16,23)24/h7-8,22H,4-6H2,1-3H3. The van der Waals surface area contributed by atoms with Crippen molar-refractivity contribution < 1.29 is 23.1 Å². The predicted octanol–water partition coefficient (Wildman–Crippen LogP) is 1.82. The molecule has 1 N–H and O–H groups in total. The Morgan fingerprint density at radius 2 is 2.00 bits per heavy atom. The van der Waals surface area contributed by atoms with Gasteiger partial charge in [0.2, 0.25) is 5.88 Å². The van der Waals surface area contributed by atoms with Crippen LogP contribution in [0.25, 0.3) is 0 Å². The second kappa shape index (κ2) is 5.80. The number of rotatable bonds is 3. The third-order valence-corrected chi connectivity index (χ3v) is 6.40. The van der Waals surface area contributed by atoms with E-state index in [1.165, 1.54) is 16.9 Å². The molecular weight excluding hydrogens is 344 g/mol. The number of Topliss-reactive ketones (excluding diaryl/α,β-unsaturated/α-hetero) is 1. The Balaban J connectivity index is 2.24. The van der Waals surface area contributed by atoms with Crippen LogP contribution in [-0.2, 0) is 16.4 Å². The normalized spacial score (nSPS) is 15.9. The third-order valence-electron chi connectivity index (χ3n) is 4.51. The molecule has 2 aromatic rings. The number of hydrogen-bond donors (Lipinski definition) is 1. The van der Waals surface area contributed by atoms with E-state index in [0.717, 1.165) is 0 Å². The first-order chi connectivity index (χ1) is 11.7. The number of benzene rings is 1. The molecule has 0 bridgehead atoms. The van der Waals surface area contributed by atoms with Crippen molar-refractivity contribution in [3.05, 3.63) is 40.1 Å². The average molecular weight is 362 g/mol. The number of aryl methyl sites for hydroxylation is 2. The average Bonchev–Trinajstić information content (AvgIpc) is 2.93. The molecule has 3 rings (SSSR count). The van der Waals surface area contributed by atoms with Gasteiger partial charge in [-0.05, 0) is 38.0 Å². The number of aromatic hydroxyl groups is 1. The summed E-state index contributed by atoms with van der Waals surface area (Å²) in [4.78, 5) is 25.2. The highest BCUT2D eigenvalue weighted by Gasteiger charge is 2.34. The Morgan fingerprint density at radius 3 is 2.60 bits per heavy atom. The van der Waals surface area contributed by atoms with Crippen LogP contribution in [0.15, 0.2) is 17.2 Å². The number of fused-ring (bicyclic) bond motifs is 1. The Kier molecular flexibility index (Phi) is 4.03. The van der Waals surface area contributed by atoms with E-state index in [4.69, 9.17) is 0 Å². The van der Waals surface area contributed by atoms with Crippen molar-refractivity contribution >= 4 is 21.4 Å². The molecule has 132 valence electrons. The van der Waals surface area contributed by atoms with Crippen LogP contribution in [0.4, 0.5) is 0 Å². The summed E-state index contributed by atoms with van der Waals surface area (Å²) in [6.45, 7) is 5.31. The molecular formula is C17H18N2O5S. The molecule has 2 heterocycles. The van der Waals surface area contributed by atoms with Gasteiger partial charge in [-0.1, -0.05) is 0 Å². The minimum Gasteiger partial charge on any atom is -0.493 e. The van der Waals surface area contributed by atoms with Crippen molar-refractivity contribution in [3.8, 4) is 5.88 Å². The Bertz CT molecular complexity index is 1020. The number of sulfone groups is 1. The molecule has 1 aliphatic heterocycles. The van der Waals surface area contributed by atoms with Crippen LogP contribution < -0.4 is 0 Å². The zero-order chi connectivity index (χ0) is 18.5. The summed E-state index contributed by atoms with van der Waals surface area (Å²) in [5.41, 5.74) is 1.00. The second-order valence-corrected chi connectivity index (χ2v) is 8.13. The van der Waals surface area contributed by atoms with E-state index < -0.39 is 15.6 Å². The molecule has 0 fully saturated rings. The molecule has 7 nitrogen and oxygen atoms in total. The van der Waals surface area contributed by atoms with Gasteiger partial charge in [-0.15, -0.1) is 0 Å². The molecule has 1 aromatic carbocycles. The number of carbonyl (C=O) groups is 2. The molecule has 0 spiro atoms. The summed E-state index contributed by atoms with van der Waals surface area (Å²) in [5.74, 6) is -1.23. The maximum Gasteiger partial charge on any atom is 0.220 e. The fourth-order valence-corrected chi connectivity index (χ4v) is 5.02. The highest BCUT2D eigenvalue weighted by Crippen LogP contribution is 2.34. The van der Waals surface area contributed by atoms with Gasteiger partial charge in [0, 0.05) is 24.1 Å². The van der Waals surface area contributed by atoms with Gasteiger partial charge in [-0.2, -0.15) is 5.10 Å². The number of carbonyl (C=O) groups excluding carboxylic acids is 2. The Hall–Kier alpha value is -2.48. The number of aromatic nitrogens is 2. The number of ketones is 2. The summed E-state index contributed by atoms with van der Waals surface area (Å²) in [6.07, 6.45) is 1.18. The molecule has 0 atom stereocenters. The summed E-state index contributed by atoms with van der Waals surface area (Å²) < 4.78 is 26.0. The molecule has 1 aromatic heterocycles. The second-order valence-electron chi connectivity index (χ2n) is 6.09. The van der Waals surface area contributed by atoms with Crippen LogP contribution in [0.1, 0.15) is 50.8 Å². The Labute approximate surface area is 145 Å². The van der Waals surface area contributed by atoms with E-state index in [9.17, 15) is 23.1 Å². The summed E-state index contributed by atoms with van der Waals surface area (Å²) in [7, 11) is -3.54. The van der Waals surface area contributed by atoms with E-state index in [0.29, 0.717) is 17.7 Å². The van der Waals surface area contributed by atoms with E-state index in [-0.39, 0.29) is 45.4 Å². The van der Waals surface area contributed by atoms with Crippen LogP contribution in [-0.4, -0.2) is 40.6 Å². The van der Waals surface area contributed by atoms with Crippen molar-refractivity contribution in [2.75, 3.05) is 5.75 Å². The van der Waals surface area contributed by atoms with E-state index in [1.807, 2.05) is 0 Å². The smallest absolute Gasteiger partial charge is 0.220 e. The van der Waals surface area contributed by atoms with E-state index >= 15 is 0 Å². The minimum atomic E-state index is -3.54. The molecule has 25 heavy (non-hydrogen) atoms. The van der Waals surface area contributed by atoms with Crippen molar-refractivity contribution in [2.45, 2.75) is 38.6 Å². The molecule has 0 aliphatic carbocycles. The molecule has 0 saturated carbocycles. The van der Waals surface area contributed by atoms with Crippen LogP contribution in [0.3, 0.4) is 0 Å². The van der Waals surface area contributed by atoms with Crippen LogP contribution >= 0.6 is 0 Å². The SMILES string of the molecule is CCn1ncc(C(=O)c2cc(C)c3c(c2C)C(=O)CCS3(=O)=O)c1O. The van der Waals surface area contributed by atoms with E-state index in [2.05, 4.69) is 5.10 Å². The summed E-state index contributed by atoms with van der Waals surface area (Å²) in [6, 6.07) is 1.47. The maximum atomic E-state index is 12.8. The lowest BCUT2D eigenvalue weighted by Gasteiger charge is -2.21. The van der Waals surface area contributed by atoms with Crippen molar-refractivity contribution in [1.29, 1.82) is 0 Å². The van der Waals surface area contributed by atoms with Gasteiger partial charge in [0.05, 0.1) is 16.8 Å². The van der Waals surface area contributed by atoms with Crippen LogP contribution in [0, 0.1) is 13.8 Å². The minimum absolute atomic E-state index is 0.0197. The zero-order valence-electron chi connectivity index (χ0n) is 14.2. The molecule has 0 amide bonds. The van der Waals surface area contributed by atoms with Gasteiger partial charge in [-0.25, -0.2) is 13.1 Å². The lowest BCUT2D eigenvalue weighted by atomic mass is 9.91. The molecule has 1 aliphatic rings. The van der Waals surface area contributed by atoms with Gasteiger partial charge < -0.3 is 5.11 Å². The van der Waals surface area contributed by atoms with Gasteiger partial charge in [0.1, 0.15) is 5.56 Å². The zero-order valence-corrected chi connectivity index (χ0v) is 15.0. The Morgan fingerprint density at radius 1 is 1.32 bits per heavy atom. The van der Waals surface area contributed by atoms with E-state index in [1.54, 1.807) is 20.8 Å². The maximum absolute atomic E-state index is 12.8. The molecule has 0 radical (unpaired) electrons. The fourth-order valence-electron chi connectivity index (χ4n) is 3.23. The van der Waals surface area contributed by atoms with Gasteiger partial charge in [0.25, 0.3) is 0 Å². The lowest BCUT2D eigenvalue weighted by molar-refractivity contribution is 0.0982. The molecule has 0 unspecified atom stereocenters. The van der Waals surface area contributed by atoms with Gasteiger partial charge >= 0.3 is 0 Å². The van der Waals surface area contributed by atoms with Crippen molar-refractivity contribution in [3.63, 3.8) is 0 Å². The number of hydrogen-bond acceptors (Lipinski definition) is 6. The fraction of sp³-hybridized carbons (Fsp3) is 0.353. The van der Waals surface area contributed by atoms with Crippen LogP contribution in [0.2, 0.25) is 0 Å². The predicted molar refractivity (Wildman–Crippen MR) is 89.9 cm³/mol. The highest BCUT2D eigenvalue weighted by atomic mass is 32.2. The topological polar surface area (TPSA) is 106 Å². The monoisotopic (exact) mass is 362 g/mol. The number of nitrogens with zero attached hydrogens (tertiary/aromatic N) is 2.